The van der Waals surface area contributed by atoms with E-state index >= 15 is 0 Å². The van der Waals surface area contributed by atoms with Gasteiger partial charge in [-0.1, -0.05) is 18.2 Å². The highest BCUT2D eigenvalue weighted by atomic mass is 16.7. The lowest BCUT2D eigenvalue weighted by Gasteiger charge is -2.34. The number of amides is 1. The third-order valence-electron chi connectivity index (χ3n) is 6.09. The van der Waals surface area contributed by atoms with Crippen molar-refractivity contribution in [2.24, 2.45) is 0 Å². The third kappa shape index (κ3) is 4.82. The van der Waals surface area contributed by atoms with Crippen LogP contribution in [0.15, 0.2) is 48.8 Å². The maximum absolute atomic E-state index is 12.9. The second kappa shape index (κ2) is 9.70. The Balaban J connectivity index is 1.13. The zero-order valence-corrected chi connectivity index (χ0v) is 19.0. The van der Waals surface area contributed by atoms with Gasteiger partial charge in [-0.15, -0.1) is 5.10 Å². The third-order valence-corrected chi connectivity index (χ3v) is 6.09. The molecule has 1 aromatic heterocycles. The Bertz CT molecular complexity index is 1140. The monoisotopic (exact) mass is 465 g/mol. The summed E-state index contributed by atoms with van der Waals surface area (Å²) in [6.45, 7) is 3.99. The molecule has 3 heterocycles. The summed E-state index contributed by atoms with van der Waals surface area (Å²) in [5, 5.41) is 14.8. The number of aliphatic hydroxyl groups excluding tert-OH is 1. The summed E-state index contributed by atoms with van der Waals surface area (Å²) in [6, 6.07) is 13.2. The number of piperazine rings is 1. The van der Waals surface area contributed by atoms with Gasteiger partial charge in [0.05, 0.1) is 19.8 Å². The van der Waals surface area contributed by atoms with Crippen LogP contribution in [0.5, 0.6) is 17.2 Å². The van der Waals surface area contributed by atoms with E-state index in [9.17, 15) is 9.90 Å². The molecule has 0 aliphatic carbocycles. The van der Waals surface area contributed by atoms with Crippen molar-refractivity contribution in [2.45, 2.75) is 19.2 Å². The molecule has 178 valence electrons. The van der Waals surface area contributed by atoms with Crippen LogP contribution >= 0.6 is 0 Å². The van der Waals surface area contributed by atoms with Crippen LogP contribution in [-0.4, -0.2) is 75.7 Å². The molecule has 2 aliphatic heterocycles. The first-order valence-corrected chi connectivity index (χ1v) is 11.2. The molecule has 34 heavy (non-hydrogen) atoms. The molecule has 0 bridgehead atoms. The van der Waals surface area contributed by atoms with Crippen LogP contribution in [0.25, 0.3) is 0 Å². The van der Waals surface area contributed by atoms with Crippen molar-refractivity contribution >= 4 is 5.91 Å². The predicted molar refractivity (Wildman–Crippen MR) is 122 cm³/mol. The van der Waals surface area contributed by atoms with Gasteiger partial charge in [-0.2, -0.15) is 0 Å². The van der Waals surface area contributed by atoms with Gasteiger partial charge in [-0.25, -0.2) is 9.67 Å². The average molecular weight is 466 g/mol. The SMILES string of the molecule is COc1ccc(C(O)Cn2cnc(C(=O)N3CCN(Cc4ccc5c(c4)OCO5)CC3)n2)cc1. The summed E-state index contributed by atoms with van der Waals surface area (Å²) < 4.78 is 17.5. The molecule has 0 saturated carbocycles. The van der Waals surface area contributed by atoms with Crippen LogP contribution in [0, 0.1) is 0 Å². The molecule has 1 saturated heterocycles. The van der Waals surface area contributed by atoms with Gasteiger partial charge in [0.25, 0.3) is 5.91 Å². The Hall–Kier alpha value is -3.63. The molecular formula is C24H27N5O5. The predicted octanol–water partition coefficient (Wildman–Crippen LogP) is 1.71. The number of carbonyl (C=O) groups excluding carboxylic acids is 1. The van der Waals surface area contributed by atoms with Gasteiger partial charge in [-0.05, 0) is 35.4 Å². The second-order valence-electron chi connectivity index (χ2n) is 8.34. The lowest BCUT2D eigenvalue weighted by atomic mass is 10.1. The van der Waals surface area contributed by atoms with Crippen molar-refractivity contribution in [3.63, 3.8) is 0 Å². The minimum Gasteiger partial charge on any atom is -0.497 e. The summed E-state index contributed by atoms with van der Waals surface area (Å²) in [4.78, 5) is 21.1. The molecule has 1 unspecified atom stereocenters. The van der Waals surface area contributed by atoms with Crippen LogP contribution in [0.3, 0.4) is 0 Å². The smallest absolute Gasteiger partial charge is 0.293 e. The molecule has 1 atom stereocenters. The molecule has 0 radical (unpaired) electrons. The van der Waals surface area contributed by atoms with Crippen LogP contribution in [0.4, 0.5) is 0 Å². The zero-order valence-electron chi connectivity index (χ0n) is 19.0. The average Bonchev–Trinajstić information content (AvgIpc) is 3.53. The van der Waals surface area contributed by atoms with E-state index in [1.54, 1.807) is 36.3 Å². The number of ether oxygens (including phenoxy) is 3. The van der Waals surface area contributed by atoms with Crippen molar-refractivity contribution in [1.82, 2.24) is 24.6 Å². The molecule has 2 aromatic carbocycles. The first-order chi connectivity index (χ1) is 16.6. The molecule has 1 N–H and O–H groups in total. The molecule has 10 heteroatoms. The molecule has 1 fully saturated rings. The van der Waals surface area contributed by atoms with Gasteiger partial charge in [-0.3, -0.25) is 9.69 Å². The molecular weight excluding hydrogens is 438 g/mol. The number of hydrogen-bond acceptors (Lipinski definition) is 8. The van der Waals surface area contributed by atoms with Crippen LogP contribution in [0.1, 0.15) is 27.8 Å². The maximum Gasteiger partial charge on any atom is 0.293 e. The largest absolute Gasteiger partial charge is 0.497 e. The summed E-state index contributed by atoms with van der Waals surface area (Å²) in [5.41, 5.74) is 1.89. The number of nitrogens with zero attached hydrogens (tertiary/aromatic N) is 5. The highest BCUT2D eigenvalue weighted by Gasteiger charge is 2.25. The lowest BCUT2D eigenvalue weighted by Crippen LogP contribution is -2.48. The Morgan fingerprint density at radius 3 is 2.62 bits per heavy atom. The normalized spacial score (nSPS) is 16.5. The zero-order chi connectivity index (χ0) is 23.5. The van der Waals surface area contributed by atoms with Crippen molar-refractivity contribution < 1.29 is 24.1 Å². The van der Waals surface area contributed by atoms with E-state index in [0.717, 1.165) is 48.0 Å². The lowest BCUT2D eigenvalue weighted by molar-refractivity contribution is 0.0615. The fourth-order valence-corrected chi connectivity index (χ4v) is 4.14. The standard InChI is InChI=1S/C24H27N5O5/c1-32-19-5-3-18(4-6-19)20(30)14-29-15-25-23(26-29)24(31)28-10-8-27(9-11-28)13-17-2-7-21-22(12-17)34-16-33-21/h2-7,12,15,20,30H,8-11,13-14,16H2,1H3. The molecule has 0 spiro atoms. The van der Waals surface area contributed by atoms with Gasteiger partial charge >= 0.3 is 0 Å². The van der Waals surface area contributed by atoms with E-state index in [4.69, 9.17) is 14.2 Å². The Morgan fingerprint density at radius 2 is 1.85 bits per heavy atom. The van der Waals surface area contributed by atoms with Crippen LogP contribution in [0.2, 0.25) is 0 Å². The van der Waals surface area contributed by atoms with Crippen molar-refractivity contribution in [3.05, 3.63) is 65.7 Å². The minimum absolute atomic E-state index is 0.145. The summed E-state index contributed by atoms with van der Waals surface area (Å²) >= 11 is 0. The van der Waals surface area contributed by atoms with Gasteiger partial charge in [0, 0.05) is 32.7 Å². The van der Waals surface area contributed by atoms with Gasteiger partial charge in [0.1, 0.15) is 12.1 Å². The van der Waals surface area contributed by atoms with Crippen LogP contribution in [-0.2, 0) is 13.1 Å². The van der Waals surface area contributed by atoms with Gasteiger partial charge < -0.3 is 24.2 Å². The molecule has 1 amide bonds. The number of hydrogen-bond donors (Lipinski definition) is 1. The number of carbonyl (C=O) groups is 1. The van der Waals surface area contributed by atoms with E-state index in [-0.39, 0.29) is 25.1 Å². The maximum atomic E-state index is 12.9. The number of methoxy groups -OCH3 is 1. The van der Waals surface area contributed by atoms with Crippen LogP contribution < -0.4 is 14.2 Å². The number of benzene rings is 2. The van der Waals surface area contributed by atoms with Crippen molar-refractivity contribution in [1.29, 1.82) is 0 Å². The number of aliphatic hydroxyl groups is 1. The number of aromatic nitrogens is 3. The quantitative estimate of drug-likeness (QED) is 0.563. The Morgan fingerprint density at radius 1 is 1.09 bits per heavy atom. The number of fused-ring (bicyclic) bond motifs is 1. The Kier molecular flexibility index (Phi) is 6.33. The minimum atomic E-state index is -0.768. The van der Waals surface area contributed by atoms with E-state index in [1.165, 1.54) is 11.0 Å². The number of rotatable bonds is 7. The first-order valence-electron chi connectivity index (χ1n) is 11.2. The molecule has 5 rings (SSSR count). The highest BCUT2D eigenvalue weighted by Crippen LogP contribution is 2.32. The second-order valence-corrected chi connectivity index (χ2v) is 8.34. The van der Waals surface area contributed by atoms with Gasteiger partial charge in [0.2, 0.25) is 12.6 Å². The van der Waals surface area contributed by atoms with Gasteiger partial charge in [0.15, 0.2) is 11.5 Å². The molecule has 10 nitrogen and oxygen atoms in total. The van der Waals surface area contributed by atoms with Crippen molar-refractivity contribution in [3.8, 4) is 17.2 Å². The summed E-state index contributed by atoms with van der Waals surface area (Å²) in [6.07, 6.45) is 0.714. The summed E-state index contributed by atoms with van der Waals surface area (Å²) in [7, 11) is 1.60. The fourth-order valence-electron chi connectivity index (χ4n) is 4.14. The van der Waals surface area contributed by atoms with E-state index in [1.807, 2.05) is 18.2 Å². The Labute approximate surface area is 197 Å². The van der Waals surface area contributed by atoms with Crippen molar-refractivity contribution in [2.75, 3.05) is 40.1 Å². The van der Waals surface area contributed by atoms with E-state index in [2.05, 4.69) is 15.0 Å². The summed E-state index contributed by atoms with van der Waals surface area (Å²) in [5.74, 6) is 2.24. The molecule has 2 aliphatic rings. The van der Waals surface area contributed by atoms with E-state index in [0.29, 0.717) is 13.1 Å². The highest BCUT2D eigenvalue weighted by molar-refractivity contribution is 5.90. The first kappa shape index (κ1) is 22.2. The van der Waals surface area contributed by atoms with E-state index < -0.39 is 6.10 Å². The topological polar surface area (TPSA) is 102 Å². The fraction of sp³-hybridized carbons (Fsp3) is 0.375. The molecule has 3 aromatic rings.